The normalized spacial score (nSPS) is 11.8. The van der Waals surface area contributed by atoms with Gasteiger partial charge in [-0.25, -0.2) is 0 Å². The summed E-state index contributed by atoms with van der Waals surface area (Å²) in [4.78, 5) is 0. The molecule has 0 aliphatic heterocycles. The molecule has 0 aromatic heterocycles. The van der Waals surface area contributed by atoms with Gasteiger partial charge in [0.15, 0.2) is 5.84 Å². The molecule has 0 amide bonds. The van der Waals surface area contributed by atoms with Crippen molar-refractivity contribution < 1.29 is 19.4 Å². The third kappa shape index (κ3) is 6.57. The second kappa shape index (κ2) is 10.1. The van der Waals surface area contributed by atoms with Crippen LogP contribution in [-0.2, 0) is 20.8 Å². The third-order valence-corrected chi connectivity index (χ3v) is 3.01. The monoisotopic (exact) mass is 296 g/mol. The number of nitrogens with two attached hydrogens (primary N) is 1. The highest BCUT2D eigenvalue weighted by molar-refractivity contribution is 5.97. The summed E-state index contributed by atoms with van der Waals surface area (Å²) in [5.74, 6) is 0.110. The van der Waals surface area contributed by atoms with Gasteiger partial charge in [-0.05, 0) is 30.5 Å². The lowest BCUT2D eigenvalue weighted by Crippen LogP contribution is -2.13. The second-order valence-corrected chi connectivity index (χ2v) is 4.64. The van der Waals surface area contributed by atoms with Crippen LogP contribution in [0.15, 0.2) is 23.4 Å². The third-order valence-electron chi connectivity index (χ3n) is 3.01. The standard InChI is InChI=1S/C15H24N2O4/c1-12-10-13(15(16)17-18)4-5-14(12)11-21-7-3-6-20-9-8-19-2/h4-5,10,18H,3,6-9,11H2,1-2H3,(H2,16,17). The molecule has 0 fully saturated rings. The summed E-state index contributed by atoms with van der Waals surface area (Å²) < 4.78 is 15.8. The Bertz CT molecular complexity index is 449. The van der Waals surface area contributed by atoms with E-state index in [1.807, 2.05) is 25.1 Å². The minimum atomic E-state index is 0.110. The van der Waals surface area contributed by atoms with E-state index in [0.717, 1.165) is 17.5 Å². The van der Waals surface area contributed by atoms with Crippen LogP contribution < -0.4 is 5.73 Å². The van der Waals surface area contributed by atoms with Gasteiger partial charge in [-0.1, -0.05) is 17.3 Å². The number of rotatable bonds is 10. The smallest absolute Gasteiger partial charge is 0.170 e. The Hall–Kier alpha value is -1.63. The maximum Gasteiger partial charge on any atom is 0.170 e. The maximum atomic E-state index is 8.64. The minimum absolute atomic E-state index is 0.110. The molecule has 21 heavy (non-hydrogen) atoms. The molecule has 1 aromatic rings. The van der Waals surface area contributed by atoms with E-state index in [4.69, 9.17) is 25.2 Å². The number of ether oxygens (including phenoxy) is 3. The average molecular weight is 296 g/mol. The molecule has 0 saturated heterocycles. The van der Waals surface area contributed by atoms with Gasteiger partial charge in [-0.2, -0.15) is 0 Å². The molecule has 0 unspecified atom stereocenters. The molecule has 1 aromatic carbocycles. The molecule has 3 N–H and O–H groups in total. The number of hydrogen-bond donors (Lipinski definition) is 2. The zero-order valence-electron chi connectivity index (χ0n) is 12.7. The number of benzene rings is 1. The first-order chi connectivity index (χ1) is 10.2. The lowest BCUT2D eigenvalue weighted by atomic mass is 10.1. The second-order valence-electron chi connectivity index (χ2n) is 4.64. The van der Waals surface area contributed by atoms with E-state index in [2.05, 4.69) is 5.16 Å². The van der Waals surface area contributed by atoms with E-state index in [9.17, 15) is 0 Å². The predicted octanol–water partition coefficient (Wildman–Crippen LogP) is 1.66. The van der Waals surface area contributed by atoms with E-state index in [-0.39, 0.29) is 5.84 Å². The maximum absolute atomic E-state index is 8.64. The van der Waals surface area contributed by atoms with Crippen LogP contribution in [0.3, 0.4) is 0 Å². The topological polar surface area (TPSA) is 86.3 Å². The Balaban J connectivity index is 2.26. The largest absolute Gasteiger partial charge is 0.409 e. The van der Waals surface area contributed by atoms with Crippen LogP contribution in [0, 0.1) is 6.92 Å². The van der Waals surface area contributed by atoms with Gasteiger partial charge >= 0.3 is 0 Å². The molecule has 0 heterocycles. The highest BCUT2D eigenvalue weighted by atomic mass is 16.5. The molecule has 1 rings (SSSR count). The Morgan fingerprint density at radius 1 is 1.19 bits per heavy atom. The Kier molecular flexibility index (Phi) is 8.42. The van der Waals surface area contributed by atoms with Gasteiger partial charge in [0.05, 0.1) is 19.8 Å². The van der Waals surface area contributed by atoms with Crippen molar-refractivity contribution in [2.24, 2.45) is 10.9 Å². The number of nitrogens with zero attached hydrogens (tertiary/aromatic N) is 1. The van der Waals surface area contributed by atoms with Gasteiger partial charge in [-0.15, -0.1) is 0 Å². The van der Waals surface area contributed by atoms with E-state index < -0.39 is 0 Å². The van der Waals surface area contributed by atoms with Gasteiger partial charge in [0.2, 0.25) is 0 Å². The fraction of sp³-hybridized carbons (Fsp3) is 0.533. The van der Waals surface area contributed by atoms with E-state index in [0.29, 0.717) is 38.6 Å². The van der Waals surface area contributed by atoms with Crippen molar-refractivity contribution in [3.63, 3.8) is 0 Å². The Morgan fingerprint density at radius 2 is 1.95 bits per heavy atom. The van der Waals surface area contributed by atoms with Gasteiger partial charge in [-0.3, -0.25) is 0 Å². The molecule has 118 valence electrons. The van der Waals surface area contributed by atoms with E-state index in [1.54, 1.807) is 7.11 Å². The molecular weight excluding hydrogens is 272 g/mol. The first-order valence-corrected chi connectivity index (χ1v) is 6.91. The molecule has 6 heteroatoms. The van der Waals surface area contributed by atoms with Gasteiger partial charge in [0.1, 0.15) is 0 Å². The lowest BCUT2D eigenvalue weighted by Gasteiger charge is -2.09. The summed E-state index contributed by atoms with van der Waals surface area (Å²) in [6.45, 7) is 5.07. The van der Waals surface area contributed by atoms with Crippen LogP contribution >= 0.6 is 0 Å². The van der Waals surface area contributed by atoms with Crippen LogP contribution in [0.4, 0.5) is 0 Å². The minimum Gasteiger partial charge on any atom is -0.409 e. The Morgan fingerprint density at radius 3 is 2.62 bits per heavy atom. The summed E-state index contributed by atoms with van der Waals surface area (Å²) in [5, 5.41) is 11.6. The van der Waals surface area contributed by atoms with E-state index in [1.165, 1.54) is 0 Å². The van der Waals surface area contributed by atoms with Crippen LogP contribution in [0.2, 0.25) is 0 Å². The fourth-order valence-corrected chi connectivity index (χ4v) is 1.76. The van der Waals surface area contributed by atoms with Crippen molar-refractivity contribution in [2.75, 3.05) is 33.5 Å². The number of oxime groups is 1. The van der Waals surface area contributed by atoms with Crippen molar-refractivity contribution >= 4 is 5.84 Å². The number of amidine groups is 1. The van der Waals surface area contributed by atoms with Crippen molar-refractivity contribution in [3.05, 3.63) is 34.9 Å². The first-order valence-electron chi connectivity index (χ1n) is 6.91. The van der Waals surface area contributed by atoms with Crippen LogP contribution in [0.1, 0.15) is 23.1 Å². The van der Waals surface area contributed by atoms with Crippen molar-refractivity contribution in [1.82, 2.24) is 0 Å². The zero-order valence-corrected chi connectivity index (χ0v) is 12.7. The summed E-state index contributed by atoms with van der Waals surface area (Å²) >= 11 is 0. The fourth-order valence-electron chi connectivity index (χ4n) is 1.76. The predicted molar refractivity (Wildman–Crippen MR) is 80.7 cm³/mol. The summed E-state index contributed by atoms with van der Waals surface area (Å²) in [7, 11) is 1.65. The molecule has 0 bridgehead atoms. The summed E-state index contributed by atoms with van der Waals surface area (Å²) in [6.07, 6.45) is 0.852. The molecule has 0 radical (unpaired) electrons. The van der Waals surface area contributed by atoms with Gasteiger partial charge in [0, 0.05) is 25.9 Å². The average Bonchev–Trinajstić information content (AvgIpc) is 2.50. The van der Waals surface area contributed by atoms with Crippen molar-refractivity contribution in [3.8, 4) is 0 Å². The van der Waals surface area contributed by atoms with Crippen LogP contribution in [0.5, 0.6) is 0 Å². The van der Waals surface area contributed by atoms with Crippen LogP contribution in [-0.4, -0.2) is 44.6 Å². The van der Waals surface area contributed by atoms with Gasteiger partial charge < -0.3 is 25.2 Å². The molecule has 0 spiro atoms. The molecule has 0 atom stereocenters. The quantitative estimate of drug-likeness (QED) is 0.225. The summed E-state index contributed by atoms with van der Waals surface area (Å²) in [5.41, 5.74) is 8.39. The highest BCUT2D eigenvalue weighted by Crippen LogP contribution is 2.12. The van der Waals surface area contributed by atoms with Gasteiger partial charge in [0.25, 0.3) is 0 Å². The summed E-state index contributed by atoms with van der Waals surface area (Å²) in [6, 6.07) is 5.62. The zero-order chi connectivity index (χ0) is 15.5. The lowest BCUT2D eigenvalue weighted by molar-refractivity contribution is 0.0483. The number of hydrogen-bond acceptors (Lipinski definition) is 5. The van der Waals surface area contributed by atoms with E-state index >= 15 is 0 Å². The van der Waals surface area contributed by atoms with Crippen molar-refractivity contribution in [1.29, 1.82) is 0 Å². The molecular formula is C15H24N2O4. The first kappa shape index (κ1) is 17.4. The SMILES string of the molecule is COCCOCCCOCc1ccc(/C(N)=N/O)cc1C. The van der Waals surface area contributed by atoms with Crippen LogP contribution in [0.25, 0.3) is 0 Å². The van der Waals surface area contributed by atoms with Crippen molar-refractivity contribution in [2.45, 2.75) is 20.0 Å². The highest BCUT2D eigenvalue weighted by Gasteiger charge is 2.03. The molecule has 0 saturated carbocycles. The number of aryl methyl sites for hydroxylation is 1. The number of methoxy groups -OCH3 is 1. The molecule has 0 aliphatic rings. The molecule has 0 aliphatic carbocycles. The Labute approximate surface area is 125 Å². The molecule has 6 nitrogen and oxygen atoms in total.